The lowest BCUT2D eigenvalue weighted by Crippen LogP contribution is -2.40. The third-order valence-corrected chi connectivity index (χ3v) is 4.89. The van der Waals surface area contributed by atoms with Crippen LogP contribution >= 0.6 is 12.2 Å². The van der Waals surface area contributed by atoms with Crippen LogP contribution < -0.4 is 5.32 Å². The molecule has 3 rings (SSSR count). The van der Waals surface area contributed by atoms with E-state index in [1.165, 1.54) is 5.56 Å². The van der Waals surface area contributed by atoms with Crippen LogP contribution in [0.2, 0.25) is 0 Å². The summed E-state index contributed by atoms with van der Waals surface area (Å²) in [6, 6.07) is 20.6. The highest BCUT2D eigenvalue weighted by Gasteiger charge is 2.13. The largest absolute Gasteiger partial charge is 0.379 e. The monoisotopic (exact) mass is 369 g/mol. The van der Waals surface area contributed by atoms with Gasteiger partial charge in [-0.15, -0.1) is 0 Å². The summed E-state index contributed by atoms with van der Waals surface area (Å²) in [5.41, 5.74) is 2.31. The van der Waals surface area contributed by atoms with Crippen LogP contribution in [0.3, 0.4) is 0 Å². The molecule has 0 radical (unpaired) electrons. The molecule has 0 unspecified atom stereocenters. The second-order valence-corrected chi connectivity index (χ2v) is 6.90. The van der Waals surface area contributed by atoms with Crippen LogP contribution in [-0.2, 0) is 11.3 Å². The highest BCUT2D eigenvalue weighted by atomic mass is 32.1. The van der Waals surface area contributed by atoms with E-state index in [2.05, 4.69) is 39.4 Å². The quantitative estimate of drug-likeness (QED) is 0.753. The third-order valence-electron chi connectivity index (χ3n) is 4.53. The normalized spacial score (nSPS) is 14.8. The topological polar surface area (TPSA) is 27.7 Å². The van der Waals surface area contributed by atoms with E-state index in [0.29, 0.717) is 0 Å². The Balaban J connectivity index is 1.57. The van der Waals surface area contributed by atoms with Gasteiger partial charge in [-0.3, -0.25) is 4.90 Å². The molecule has 0 atom stereocenters. The predicted octanol–water partition coefficient (Wildman–Crippen LogP) is 3.61. The maximum absolute atomic E-state index is 5.71. The van der Waals surface area contributed by atoms with Crippen LogP contribution in [-0.4, -0.2) is 54.3 Å². The summed E-state index contributed by atoms with van der Waals surface area (Å²) >= 11 is 5.71. The van der Waals surface area contributed by atoms with Crippen LogP contribution in [0.5, 0.6) is 0 Å². The Morgan fingerprint density at radius 3 is 2.35 bits per heavy atom. The molecule has 0 spiro atoms. The van der Waals surface area contributed by atoms with Crippen LogP contribution in [0.4, 0.5) is 5.69 Å². The number of nitrogens with zero attached hydrogens (tertiary/aromatic N) is 2. The zero-order chi connectivity index (χ0) is 18.0. The predicted molar refractivity (Wildman–Crippen MR) is 111 cm³/mol. The summed E-state index contributed by atoms with van der Waals surface area (Å²) in [5.74, 6) is 0. The van der Waals surface area contributed by atoms with Gasteiger partial charge in [0, 0.05) is 38.4 Å². The Morgan fingerprint density at radius 1 is 1.00 bits per heavy atom. The second kappa shape index (κ2) is 10.3. The highest BCUT2D eigenvalue weighted by molar-refractivity contribution is 7.80. The average Bonchev–Trinajstić information content (AvgIpc) is 2.69. The van der Waals surface area contributed by atoms with Gasteiger partial charge in [-0.2, -0.15) is 0 Å². The molecule has 5 heteroatoms. The number of hydrogen-bond donors (Lipinski definition) is 1. The Bertz CT molecular complexity index is 659. The molecular formula is C21H27N3OS. The zero-order valence-corrected chi connectivity index (χ0v) is 16.0. The van der Waals surface area contributed by atoms with Gasteiger partial charge in [0.1, 0.15) is 0 Å². The fraction of sp³-hybridized carbons (Fsp3) is 0.381. The Labute approximate surface area is 161 Å². The van der Waals surface area contributed by atoms with E-state index in [1.54, 1.807) is 0 Å². The van der Waals surface area contributed by atoms with Gasteiger partial charge in [0.25, 0.3) is 0 Å². The minimum Gasteiger partial charge on any atom is -0.379 e. The first-order chi connectivity index (χ1) is 12.8. The summed E-state index contributed by atoms with van der Waals surface area (Å²) in [4.78, 5) is 4.73. The smallest absolute Gasteiger partial charge is 0.173 e. The van der Waals surface area contributed by atoms with E-state index in [4.69, 9.17) is 17.0 Å². The Morgan fingerprint density at radius 2 is 1.65 bits per heavy atom. The van der Waals surface area contributed by atoms with Gasteiger partial charge in [-0.1, -0.05) is 48.5 Å². The van der Waals surface area contributed by atoms with Crippen molar-refractivity contribution in [2.45, 2.75) is 13.0 Å². The van der Waals surface area contributed by atoms with E-state index in [9.17, 15) is 0 Å². The van der Waals surface area contributed by atoms with Crippen molar-refractivity contribution in [3.05, 3.63) is 66.2 Å². The number of nitrogens with one attached hydrogen (secondary N) is 1. The number of thiocarbonyl (C=S) groups is 1. The van der Waals surface area contributed by atoms with Crippen molar-refractivity contribution in [2.24, 2.45) is 0 Å². The highest BCUT2D eigenvalue weighted by Crippen LogP contribution is 2.11. The van der Waals surface area contributed by atoms with Crippen molar-refractivity contribution in [1.82, 2.24) is 9.80 Å². The number of para-hydroxylation sites is 1. The summed E-state index contributed by atoms with van der Waals surface area (Å²) in [6.45, 7) is 6.61. The fourth-order valence-corrected chi connectivity index (χ4v) is 3.36. The van der Waals surface area contributed by atoms with Crippen molar-refractivity contribution in [3.63, 3.8) is 0 Å². The maximum Gasteiger partial charge on any atom is 0.173 e. The van der Waals surface area contributed by atoms with Gasteiger partial charge in [-0.05, 0) is 36.3 Å². The lowest BCUT2D eigenvalue weighted by atomic mass is 10.2. The summed E-state index contributed by atoms with van der Waals surface area (Å²) < 4.78 is 5.43. The maximum atomic E-state index is 5.71. The van der Waals surface area contributed by atoms with E-state index in [0.717, 1.165) is 63.2 Å². The second-order valence-electron chi connectivity index (χ2n) is 6.51. The number of hydrogen-bond acceptors (Lipinski definition) is 3. The lowest BCUT2D eigenvalue weighted by Gasteiger charge is -2.29. The molecule has 1 N–H and O–H groups in total. The molecule has 1 saturated heterocycles. The van der Waals surface area contributed by atoms with Crippen LogP contribution in [0.25, 0.3) is 0 Å². The number of benzene rings is 2. The van der Waals surface area contributed by atoms with Gasteiger partial charge in [-0.25, -0.2) is 0 Å². The first-order valence-electron chi connectivity index (χ1n) is 9.26. The third kappa shape index (κ3) is 6.09. The molecule has 2 aromatic carbocycles. The van der Waals surface area contributed by atoms with Crippen molar-refractivity contribution in [1.29, 1.82) is 0 Å². The van der Waals surface area contributed by atoms with Gasteiger partial charge in [0.15, 0.2) is 5.11 Å². The molecule has 138 valence electrons. The fourth-order valence-electron chi connectivity index (χ4n) is 3.09. The van der Waals surface area contributed by atoms with Crippen LogP contribution in [0.1, 0.15) is 12.0 Å². The first-order valence-corrected chi connectivity index (χ1v) is 9.67. The summed E-state index contributed by atoms with van der Waals surface area (Å²) in [5, 5.41) is 4.15. The molecule has 0 bridgehead atoms. The van der Waals surface area contributed by atoms with Gasteiger partial charge >= 0.3 is 0 Å². The van der Waals surface area contributed by atoms with E-state index < -0.39 is 0 Å². The first kappa shape index (κ1) is 18.8. The van der Waals surface area contributed by atoms with Crippen molar-refractivity contribution < 1.29 is 4.74 Å². The molecule has 4 nitrogen and oxygen atoms in total. The van der Waals surface area contributed by atoms with Crippen LogP contribution in [0, 0.1) is 0 Å². The molecular weight excluding hydrogens is 342 g/mol. The molecule has 0 aromatic heterocycles. The van der Waals surface area contributed by atoms with E-state index >= 15 is 0 Å². The molecule has 2 aromatic rings. The van der Waals surface area contributed by atoms with Crippen molar-refractivity contribution in [2.75, 3.05) is 44.7 Å². The van der Waals surface area contributed by atoms with Gasteiger partial charge < -0.3 is 15.0 Å². The molecule has 0 saturated carbocycles. The molecule has 0 aliphatic carbocycles. The molecule has 1 aliphatic heterocycles. The van der Waals surface area contributed by atoms with Gasteiger partial charge in [0.05, 0.1) is 13.2 Å². The number of rotatable bonds is 7. The summed E-state index contributed by atoms with van der Waals surface area (Å²) in [6.07, 6.45) is 1.09. The molecule has 1 fully saturated rings. The van der Waals surface area contributed by atoms with E-state index in [1.807, 2.05) is 36.4 Å². The molecule has 26 heavy (non-hydrogen) atoms. The van der Waals surface area contributed by atoms with Crippen LogP contribution in [0.15, 0.2) is 60.7 Å². The Kier molecular flexibility index (Phi) is 7.43. The molecule has 1 heterocycles. The SMILES string of the molecule is S=C(Nc1ccccc1)N(CCCN1CCOCC1)Cc1ccccc1. The number of ether oxygens (including phenoxy) is 1. The number of morpholine rings is 1. The average molecular weight is 370 g/mol. The minimum atomic E-state index is 0.780. The van der Waals surface area contributed by atoms with E-state index in [-0.39, 0.29) is 0 Å². The zero-order valence-electron chi connectivity index (χ0n) is 15.1. The van der Waals surface area contributed by atoms with Crippen molar-refractivity contribution >= 4 is 23.0 Å². The minimum absolute atomic E-state index is 0.780. The standard InChI is InChI=1S/C21H27N3OS/c26-21(22-20-10-5-2-6-11-20)24(18-19-8-3-1-4-9-19)13-7-12-23-14-16-25-17-15-23/h1-6,8-11H,7,12-18H2,(H,22,26). The number of anilines is 1. The molecule has 0 amide bonds. The Hall–Kier alpha value is -1.95. The van der Waals surface area contributed by atoms with Gasteiger partial charge in [0.2, 0.25) is 0 Å². The lowest BCUT2D eigenvalue weighted by molar-refractivity contribution is 0.0368. The molecule has 1 aliphatic rings. The summed E-state index contributed by atoms with van der Waals surface area (Å²) in [7, 11) is 0. The van der Waals surface area contributed by atoms with Crippen molar-refractivity contribution in [3.8, 4) is 0 Å².